The summed E-state index contributed by atoms with van der Waals surface area (Å²) in [7, 11) is 0. The number of nitrogens with zero attached hydrogens (tertiary/aromatic N) is 2. The second kappa shape index (κ2) is 5.14. The Morgan fingerprint density at radius 1 is 1.44 bits per heavy atom. The van der Waals surface area contributed by atoms with Gasteiger partial charge in [0.2, 0.25) is 0 Å². The monoisotopic (exact) mass is 271 g/mol. The van der Waals surface area contributed by atoms with E-state index in [1.807, 2.05) is 0 Å². The molecule has 1 heterocycles. The SMILES string of the molecule is O=C(Nc1cccc(Cl)c1-n1ccnc1)C(F)F. The van der Waals surface area contributed by atoms with Crippen molar-refractivity contribution in [3.63, 3.8) is 0 Å². The van der Waals surface area contributed by atoms with Crippen LogP contribution in [0.1, 0.15) is 0 Å². The van der Waals surface area contributed by atoms with Crippen LogP contribution in [-0.2, 0) is 4.79 Å². The maximum Gasteiger partial charge on any atom is 0.315 e. The van der Waals surface area contributed by atoms with E-state index < -0.39 is 12.3 Å². The third-order valence-electron chi connectivity index (χ3n) is 2.21. The van der Waals surface area contributed by atoms with Crippen LogP contribution in [-0.4, -0.2) is 21.9 Å². The molecule has 18 heavy (non-hydrogen) atoms. The molecule has 1 amide bonds. The van der Waals surface area contributed by atoms with Crippen molar-refractivity contribution in [1.29, 1.82) is 0 Å². The predicted octanol–water partition coefficient (Wildman–Crippen LogP) is 2.73. The Hall–Kier alpha value is -1.95. The quantitative estimate of drug-likeness (QED) is 0.933. The number of anilines is 1. The summed E-state index contributed by atoms with van der Waals surface area (Å²) in [6.45, 7) is 0. The maximum atomic E-state index is 12.2. The largest absolute Gasteiger partial charge is 0.319 e. The summed E-state index contributed by atoms with van der Waals surface area (Å²) in [5, 5.41) is 2.44. The van der Waals surface area contributed by atoms with E-state index in [1.165, 1.54) is 23.2 Å². The van der Waals surface area contributed by atoms with Crippen LogP contribution >= 0.6 is 11.6 Å². The minimum absolute atomic E-state index is 0.200. The zero-order valence-electron chi connectivity index (χ0n) is 8.98. The average molecular weight is 272 g/mol. The molecule has 0 bridgehead atoms. The number of para-hydroxylation sites is 1. The van der Waals surface area contributed by atoms with Gasteiger partial charge in [-0.2, -0.15) is 8.78 Å². The molecule has 0 radical (unpaired) electrons. The Labute approximate surface area is 106 Å². The molecule has 94 valence electrons. The standard InChI is InChI=1S/C11H8ClF2N3O/c12-7-2-1-3-8(16-11(18)10(13)14)9(7)17-5-4-15-6-17/h1-6,10H,(H,16,18). The van der Waals surface area contributed by atoms with Gasteiger partial charge in [0, 0.05) is 12.4 Å². The molecule has 4 nitrogen and oxygen atoms in total. The Kier molecular flexibility index (Phi) is 3.57. The van der Waals surface area contributed by atoms with E-state index in [-0.39, 0.29) is 5.69 Å². The molecule has 0 saturated carbocycles. The van der Waals surface area contributed by atoms with Crippen LogP contribution in [0, 0.1) is 0 Å². The zero-order chi connectivity index (χ0) is 13.1. The molecular weight excluding hydrogens is 264 g/mol. The van der Waals surface area contributed by atoms with Crippen molar-refractivity contribution in [3.8, 4) is 5.69 Å². The van der Waals surface area contributed by atoms with E-state index in [4.69, 9.17) is 11.6 Å². The van der Waals surface area contributed by atoms with E-state index in [0.29, 0.717) is 10.7 Å². The first-order valence-electron chi connectivity index (χ1n) is 4.95. The molecule has 0 spiro atoms. The normalized spacial score (nSPS) is 10.7. The lowest BCUT2D eigenvalue weighted by molar-refractivity contribution is -0.126. The van der Waals surface area contributed by atoms with Crippen LogP contribution in [0.4, 0.5) is 14.5 Å². The Balaban J connectivity index is 2.42. The molecule has 0 unspecified atom stereocenters. The lowest BCUT2D eigenvalue weighted by Gasteiger charge is -2.12. The lowest BCUT2D eigenvalue weighted by Crippen LogP contribution is -2.21. The highest BCUT2D eigenvalue weighted by Gasteiger charge is 2.18. The van der Waals surface area contributed by atoms with Crippen molar-refractivity contribution >= 4 is 23.2 Å². The maximum absolute atomic E-state index is 12.2. The van der Waals surface area contributed by atoms with Crippen molar-refractivity contribution in [3.05, 3.63) is 41.9 Å². The number of aromatic nitrogens is 2. The summed E-state index contributed by atoms with van der Waals surface area (Å²) in [5.74, 6) is -1.38. The summed E-state index contributed by atoms with van der Waals surface area (Å²) in [6.07, 6.45) is 1.49. The van der Waals surface area contributed by atoms with Crippen molar-refractivity contribution in [2.75, 3.05) is 5.32 Å². The highest BCUT2D eigenvalue weighted by atomic mass is 35.5. The van der Waals surface area contributed by atoms with E-state index in [0.717, 1.165) is 0 Å². The van der Waals surface area contributed by atoms with E-state index >= 15 is 0 Å². The van der Waals surface area contributed by atoms with Crippen molar-refractivity contribution in [1.82, 2.24) is 9.55 Å². The molecule has 1 N–H and O–H groups in total. The topological polar surface area (TPSA) is 46.9 Å². The molecule has 7 heteroatoms. The molecule has 0 aliphatic carbocycles. The fourth-order valence-corrected chi connectivity index (χ4v) is 1.73. The van der Waals surface area contributed by atoms with Crippen molar-refractivity contribution in [2.45, 2.75) is 6.43 Å². The second-order valence-electron chi connectivity index (χ2n) is 3.40. The Morgan fingerprint density at radius 3 is 2.83 bits per heavy atom. The number of carbonyl (C=O) groups is 1. The molecule has 0 aliphatic rings. The number of halogens is 3. The molecule has 0 fully saturated rings. The summed E-state index contributed by atoms with van der Waals surface area (Å²) in [6, 6.07) is 4.64. The van der Waals surface area contributed by atoms with Crippen LogP contribution < -0.4 is 5.32 Å². The number of rotatable bonds is 3. The predicted molar refractivity (Wildman–Crippen MR) is 63.2 cm³/mol. The van der Waals surface area contributed by atoms with Crippen LogP contribution in [0.2, 0.25) is 5.02 Å². The molecule has 0 atom stereocenters. The van der Waals surface area contributed by atoms with E-state index in [9.17, 15) is 13.6 Å². The van der Waals surface area contributed by atoms with Gasteiger partial charge < -0.3 is 9.88 Å². The zero-order valence-corrected chi connectivity index (χ0v) is 9.73. The van der Waals surface area contributed by atoms with Crippen LogP contribution in [0.3, 0.4) is 0 Å². The van der Waals surface area contributed by atoms with Crippen LogP contribution in [0.5, 0.6) is 0 Å². The number of carbonyl (C=O) groups excluding carboxylic acids is 1. The smallest absolute Gasteiger partial charge is 0.315 e. The minimum Gasteiger partial charge on any atom is -0.319 e. The first-order chi connectivity index (χ1) is 8.59. The van der Waals surface area contributed by atoms with Crippen molar-refractivity contribution < 1.29 is 13.6 Å². The highest BCUT2D eigenvalue weighted by molar-refractivity contribution is 6.33. The van der Waals surface area contributed by atoms with Gasteiger partial charge in [-0.05, 0) is 12.1 Å². The number of amides is 1. The molecule has 0 saturated heterocycles. The van der Waals surface area contributed by atoms with Gasteiger partial charge in [0.05, 0.1) is 22.7 Å². The van der Waals surface area contributed by atoms with Crippen LogP contribution in [0.25, 0.3) is 5.69 Å². The third-order valence-corrected chi connectivity index (χ3v) is 2.51. The summed E-state index contributed by atoms with van der Waals surface area (Å²) >= 11 is 6.00. The minimum atomic E-state index is -3.08. The summed E-state index contributed by atoms with van der Waals surface area (Å²) in [5.41, 5.74) is 0.594. The lowest BCUT2D eigenvalue weighted by atomic mass is 10.2. The third kappa shape index (κ3) is 2.48. The highest BCUT2D eigenvalue weighted by Crippen LogP contribution is 2.28. The fourth-order valence-electron chi connectivity index (χ4n) is 1.46. The average Bonchev–Trinajstić information content (AvgIpc) is 2.82. The molecule has 1 aromatic heterocycles. The van der Waals surface area contributed by atoms with Gasteiger partial charge in [-0.15, -0.1) is 0 Å². The van der Waals surface area contributed by atoms with Gasteiger partial charge >= 0.3 is 6.43 Å². The van der Waals surface area contributed by atoms with Gasteiger partial charge in [0.15, 0.2) is 0 Å². The molecule has 0 aliphatic heterocycles. The summed E-state index contributed by atoms with van der Waals surface area (Å²) < 4.78 is 26.0. The van der Waals surface area contributed by atoms with E-state index in [2.05, 4.69) is 10.3 Å². The molecule has 2 rings (SSSR count). The van der Waals surface area contributed by atoms with Gasteiger partial charge in [0.1, 0.15) is 0 Å². The fraction of sp³-hybridized carbons (Fsp3) is 0.0909. The number of nitrogens with one attached hydrogen (secondary N) is 1. The van der Waals surface area contributed by atoms with Crippen LogP contribution in [0.15, 0.2) is 36.9 Å². The number of hydrogen-bond donors (Lipinski definition) is 1. The number of benzene rings is 1. The molecule has 1 aromatic carbocycles. The molecule has 2 aromatic rings. The number of alkyl halides is 2. The van der Waals surface area contributed by atoms with E-state index in [1.54, 1.807) is 18.3 Å². The summed E-state index contributed by atoms with van der Waals surface area (Å²) in [4.78, 5) is 14.9. The van der Waals surface area contributed by atoms with Crippen molar-refractivity contribution in [2.24, 2.45) is 0 Å². The Morgan fingerprint density at radius 2 is 2.22 bits per heavy atom. The van der Waals surface area contributed by atoms with Gasteiger partial charge in [-0.1, -0.05) is 17.7 Å². The van der Waals surface area contributed by atoms with Gasteiger partial charge in [0.25, 0.3) is 5.91 Å². The van der Waals surface area contributed by atoms with Gasteiger partial charge in [-0.3, -0.25) is 4.79 Å². The number of hydrogen-bond acceptors (Lipinski definition) is 2. The first kappa shape index (κ1) is 12.5. The first-order valence-corrected chi connectivity index (χ1v) is 5.33. The Bertz CT molecular complexity index is 557. The van der Waals surface area contributed by atoms with Gasteiger partial charge in [-0.25, -0.2) is 4.98 Å². The molecular formula is C11H8ClF2N3O. The number of imidazole rings is 1. The second-order valence-corrected chi connectivity index (χ2v) is 3.80.